The van der Waals surface area contributed by atoms with Crippen LogP contribution in [0.25, 0.3) is 11.6 Å². The Bertz CT molecular complexity index is 997. The molecule has 2 atom stereocenters. The minimum absolute atomic E-state index is 0.0253. The molecule has 29 heavy (non-hydrogen) atoms. The van der Waals surface area contributed by atoms with Crippen LogP contribution in [0.5, 0.6) is 5.75 Å². The van der Waals surface area contributed by atoms with Crippen LogP contribution in [0, 0.1) is 0 Å². The molecule has 0 radical (unpaired) electrons. The quantitative estimate of drug-likeness (QED) is 0.633. The molecule has 1 saturated heterocycles. The van der Waals surface area contributed by atoms with Gasteiger partial charge in [-0.25, -0.2) is 4.68 Å². The fourth-order valence-corrected chi connectivity index (χ4v) is 3.57. The molecule has 0 unspecified atom stereocenters. The minimum atomic E-state index is -0.540. The van der Waals surface area contributed by atoms with Crippen LogP contribution < -0.4 is 4.74 Å². The van der Waals surface area contributed by atoms with Gasteiger partial charge in [0.15, 0.2) is 17.6 Å². The zero-order valence-corrected chi connectivity index (χ0v) is 16.1. The highest BCUT2D eigenvalue weighted by molar-refractivity contribution is 5.81. The first kappa shape index (κ1) is 17.8. The van der Waals surface area contributed by atoms with Crippen LogP contribution in [0.2, 0.25) is 0 Å². The van der Waals surface area contributed by atoms with Crippen molar-refractivity contribution in [3.8, 4) is 17.3 Å². The number of amides is 1. The maximum absolute atomic E-state index is 12.7. The van der Waals surface area contributed by atoms with Crippen LogP contribution in [0.1, 0.15) is 44.0 Å². The van der Waals surface area contributed by atoms with Gasteiger partial charge in [0.1, 0.15) is 5.75 Å². The predicted molar refractivity (Wildman–Crippen MR) is 102 cm³/mol. The lowest BCUT2D eigenvalue weighted by Crippen LogP contribution is -2.39. The summed E-state index contributed by atoms with van der Waals surface area (Å²) in [6.07, 6.45) is 4.31. The molecule has 1 saturated carbocycles. The summed E-state index contributed by atoms with van der Waals surface area (Å²) < 4.78 is 12.9. The summed E-state index contributed by atoms with van der Waals surface area (Å²) in [5.74, 6) is 2.24. The number of nitrogens with zero attached hydrogens (tertiary/aromatic N) is 6. The van der Waals surface area contributed by atoms with E-state index in [0.717, 1.165) is 25.1 Å². The molecule has 3 aromatic rings. The summed E-state index contributed by atoms with van der Waals surface area (Å²) in [5.41, 5.74) is 0.565. The average Bonchev–Trinajstić information content (AvgIpc) is 3.17. The van der Waals surface area contributed by atoms with E-state index >= 15 is 0 Å². The van der Waals surface area contributed by atoms with Gasteiger partial charge >= 0.3 is 0 Å². The Morgan fingerprint density at radius 3 is 2.86 bits per heavy atom. The van der Waals surface area contributed by atoms with E-state index in [1.165, 1.54) is 0 Å². The Morgan fingerprint density at radius 1 is 1.24 bits per heavy atom. The number of para-hydroxylation sites is 1. The monoisotopic (exact) mass is 394 g/mol. The van der Waals surface area contributed by atoms with Gasteiger partial charge in [0, 0.05) is 19.0 Å². The van der Waals surface area contributed by atoms with Crippen molar-refractivity contribution in [3.05, 3.63) is 42.4 Å². The first-order chi connectivity index (χ1) is 14.2. The molecule has 9 nitrogen and oxygen atoms in total. The molecule has 1 aromatic carbocycles. The van der Waals surface area contributed by atoms with Crippen LogP contribution in [0.3, 0.4) is 0 Å². The highest BCUT2D eigenvalue weighted by atomic mass is 16.5. The largest absolute Gasteiger partial charge is 0.481 e. The number of rotatable bonds is 6. The third kappa shape index (κ3) is 3.72. The Balaban J connectivity index is 1.21. The molecule has 5 rings (SSSR count). The fourth-order valence-electron chi connectivity index (χ4n) is 3.57. The van der Waals surface area contributed by atoms with E-state index in [0.29, 0.717) is 36.3 Å². The number of carbonyl (C=O) groups excluding carboxylic acids is 1. The number of carbonyl (C=O) groups is 1. The molecule has 1 aliphatic carbocycles. The van der Waals surface area contributed by atoms with Crippen molar-refractivity contribution in [1.29, 1.82) is 0 Å². The van der Waals surface area contributed by atoms with Crippen LogP contribution >= 0.6 is 0 Å². The number of aromatic nitrogens is 5. The van der Waals surface area contributed by atoms with Gasteiger partial charge in [-0.05, 0) is 38.3 Å². The molecule has 0 N–H and O–H groups in total. The maximum Gasteiger partial charge on any atom is 0.280 e. The first-order valence-electron chi connectivity index (χ1n) is 9.93. The molecule has 2 aliphatic rings. The number of benzene rings is 1. The molecule has 1 amide bonds. The van der Waals surface area contributed by atoms with Crippen LogP contribution in [-0.4, -0.2) is 55.1 Å². The summed E-state index contributed by atoms with van der Waals surface area (Å²) in [5, 5.41) is 12.4. The van der Waals surface area contributed by atoms with Crippen molar-refractivity contribution < 1.29 is 14.1 Å². The summed E-state index contributed by atoms with van der Waals surface area (Å²) in [7, 11) is 0. The number of likely N-dealkylation sites (tertiary alicyclic amines) is 1. The Kier molecular flexibility index (Phi) is 4.49. The van der Waals surface area contributed by atoms with Gasteiger partial charge in [-0.2, -0.15) is 4.98 Å². The predicted octanol–water partition coefficient (Wildman–Crippen LogP) is 2.45. The second kappa shape index (κ2) is 7.31. The van der Waals surface area contributed by atoms with Crippen molar-refractivity contribution in [3.63, 3.8) is 0 Å². The lowest BCUT2D eigenvalue weighted by atomic mass is 10.3. The van der Waals surface area contributed by atoms with E-state index in [2.05, 4.69) is 20.5 Å². The van der Waals surface area contributed by atoms with Gasteiger partial charge in [-0.3, -0.25) is 4.79 Å². The van der Waals surface area contributed by atoms with E-state index in [9.17, 15) is 4.79 Å². The average molecular weight is 394 g/mol. The molecule has 2 fully saturated rings. The highest BCUT2D eigenvalue weighted by Crippen LogP contribution is 2.38. The fraction of sp³-hybridized carbons (Fsp3) is 0.450. The molecule has 9 heteroatoms. The second-order valence-electron chi connectivity index (χ2n) is 7.62. The van der Waals surface area contributed by atoms with Gasteiger partial charge < -0.3 is 14.2 Å². The van der Waals surface area contributed by atoms with Gasteiger partial charge in [0.05, 0.1) is 12.2 Å². The van der Waals surface area contributed by atoms with Crippen molar-refractivity contribution in [2.45, 2.75) is 44.2 Å². The maximum atomic E-state index is 12.7. The van der Waals surface area contributed by atoms with Crippen LogP contribution in [0.4, 0.5) is 0 Å². The minimum Gasteiger partial charge on any atom is -0.481 e. The van der Waals surface area contributed by atoms with Gasteiger partial charge in [0.25, 0.3) is 11.8 Å². The molecule has 0 spiro atoms. The molecular weight excluding hydrogens is 372 g/mol. The standard InChI is InChI=1S/C20H22N6O3/c1-13(28-16-5-3-2-4-6-16)20(27)25-10-9-15(11-25)26-12-17(22-24-26)19-21-18(23-29-19)14-7-8-14/h2-6,12-15H,7-11H2,1H3/t13-,15-/m0/s1. The SMILES string of the molecule is C[C@H](Oc1ccccc1)C(=O)N1CC[C@H](n2cc(-c3nc(C4CC4)no3)nn2)C1. The van der Waals surface area contributed by atoms with Crippen molar-refractivity contribution in [2.24, 2.45) is 0 Å². The van der Waals surface area contributed by atoms with Crippen molar-refractivity contribution in [1.82, 2.24) is 30.0 Å². The smallest absolute Gasteiger partial charge is 0.280 e. The highest BCUT2D eigenvalue weighted by Gasteiger charge is 2.32. The Hall–Kier alpha value is -3.23. The number of hydrogen-bond donors (Lipinski definition) is 0. The van der Waals surface area contributed by atoms with E-state index in [1.807, 2.05) is 41.4 Å². The molecule has 2 aromatic heterocycles. The summed E-state index contributed by atoms with van der Waals surface area (Å²) in [4.78, 5) is 19.0. The van der Waals surface area contributed by atoms with Gasteiger partial charge in [-0.1, -0.05) is 28.6 Å². The van der Waals surface area contributed by atoms with E-state index in [4.69, 9.17) is 9.26 Å². The van der Waals surface area contributed by atoms with E-state index in [-0.39, 0.29) is 11.9 Å². The third-order valence-corrected chi connectivity index (χ3v) is 5.37. The zero-order chi connectivity index (χ0) is 19.8. The van der Waals surface area contributed by atoms with Gasteiger partial charge in [-0.15, -0.1) is 5.10 Å². The molecular formula is C20H22N6O3. The van der Waals surface area contributed by atoms with Crippen molar-refractivity contribution >= 4 is 5.91 Å². The Morgan fingerprint density at radius 2 is 2.07 bits per heavy atom. The third-order valence-electron chi connectivity index (χ3n) is 5.37. The Labute approximate surface area is 167 Å². The van der Waals surface area contributed by atoms with Crippen LogP contribution in [-0.2, 0) is 4.79 Å². The molecule has 3 heterocycles. The molecule has 1 aliphatic heterocycles. The van der Waals surface area contributed by atoms with Gasteiger partial charge in [0.2, 0.25) is 0 Å². The van der Waals surface area contributed by atoms with Crippen LogP contribution in [0.15, 0.2) is 41.1 Å². The second-order valence-corrected chi connectivity index (χ2v) is 7.62. The van der Waals surface area contributed by atoms with Crippen molar-refractivity contribution in [2.75, 3.05) is 13.1 Å². The van der Waals surface area contributed by atoms with E-state index in [1.54, 1.807) is 11.6 Å². The summed E-state index contributed by atoms with van der Waals surface area (Å²) in [6, 6.07) is 9.45. The molecule has 150 valence electrons. The lowest BCUT2D eigenvalue weighted by Gasteiger charge is -2.21. The normalized spacial score (nSPS) is 20.0. The summed E-state index contributed by atoms with van der Waals surface area (Å²) in [6.45, 7) is 3.01. The number of ether oxygens (including phenoxy) is 1. The zero-order valence-electron chi connectivity index (χ0n) is 16.1. The topological polar surface area (TPSA) is 99.2 Å². The first-order valence-corrected chi connectivity index (χ1v) is 9.93. The lowest BCUT2D eigenvalue weighted by molar-refractivity contribution is -0.136. The number of hydrogen-bond acceptors (Lipinski definition) is 7. The van der Waals surface area contributed by atoms with E-state index < -0.39 is 6.10 Å². The molecule has 0 bridgehead atoms. The summed E-state index contributed by atoms with van der Waals surface area (Å²) >= 11 is 0.